The third-order valence-electron chi connectivity index (χ3n) is 4.45. The highest BCUT2D eigenvalue weighted by atomic mass is 16.2. The topological polar surface area (TPSA) is 49.6 Å². The fourth-order valence-corrected chi connectivity index (χ4v) is 2.79. The minimum Gasteiger partial charge on any atom is -0.336 e. The molecule has 0 saturated carbocycles. The lowest BCUT2D eigenvalue weighted by Gasteiger charge is -2.37. The van der Waals surface area contributed by atoms with Gasteiger partial charge in [-0.2, -0.15) is 0 Å². The molecule has 4 heteroatoms. The fraction of sp³-hybridized carbons (Fsp3) is 0.588. The number of carbonyl (C=O) groups is 1. The Balaban J connectivity index is 1.92. The van der Waals surface area contributed by atoms with Gasteiger partial charge in [-0.15, -0.1) is 0 Å². The van der Waals surface area contributed by atoms with Crippen molar-refractivity contribution in [2.45, 2.75) is 32.7 Å². The van der Waals surface area contributed by atoms with E-state index >= 15 is 0 Å². The minimum absolute atomic E-state index is 0.151. The van der Waals surface area contributed by atoms with Crippen LogP contribution in [0, 0.1) is 0 Å². The van der Waals surface area contributed by atoms with Crippen LogP contribution in [0.1, 0.15) is 36.2 Å². The van der Waals surface area contributed by atoms with Crippen molar-refractivity contribution < 1.29 is 4.79 Å². The van der Waals surface area contributed by atoms with Gasteiger partial charge >= 0.3 is 0 Å². The number of nitrogens with two attached hydrogens (primary N) is 1. The van der Waals surface area contributed by atoms with Crippen molar-refractivity contribution in [3.05, 3.63) is 35.4 Å². The molecular formula is C17H27N3O. The van der Waals surface area contributed by atoms with Gasteiger partial charge in [0.25, 0.3) is 5.91 Å². The third kappa shape index (κ3) is 4.05. The zero-order chi connectivity index (χ0) is 15.2. The molecule has 1 aromatic carbocycles. The Kier molecular flexibility index (Phi) is 5.76. The van der Waals surface area contributed by atoms with Crippen LogP contribution < -0.4 is 5.73 Å². The number of benzene rings is 1. The van der Waals surface area contributed by atoms with Gasteiger partial charge in [0.15, 0.2) is 0 Å². The van der Waals surface area contributed by atoms with E-state index < -0.39 is 0 Å². The lowest BCUT2D eigenvalue weighted by atomic mass is 10.1. The number of hydrogen-bond acceptors (Lipinski definition) is 3. The first-order valence-corrected chi connectivity index (χ1v) is 7.98. The van der Waals surface area contributed by atoms with E-state index in [1.807, 2.05) is 29.2 Å². The summed E-state index contributed by atoms with van der Waals surface area (Å²) in [5, 5.41) is 0. The van der Waals surface area contributed by atoms with E-state index in [1.54, 1.807) is 0 Å². The predicted molar refractivity (Wildman–Crippen MR) is 86.4 cm³/mol. The van der Waals surface area contributed by atoms with Crippen molar-refractivity contribution in [1.82, 2.24) is 9.80 Å². The van der Waals surface area contributed by atoms with Gasteiger partial charge in [-0.25, -0.2) is 0 Å². The third-order valence-corrected chi connectivity index (χ3v) is 4.45. The van der Waals surface area contributed by atoms with Crippen LogP contribution in [0.15, 0.2) is 24.3 Å². The van der Waals surface area contributed by atoms with Crippen molar-refractivity contribution in [3.8, 4) is 0 Å². The second kappa shape index (κ2) is 7.57. The van der Waals surface area contributed by atoms with Crippen LogP contribution in [-0.4, -0.2) is 54.5 Å². The second-order valence-corrected chi connectivity index (χ2v) is 5.82. The standard InChI is InChI=1S/C17H27N3O/c1-3-14(2)19-10-12-20(13-11-19)17(21)16-6-4-15(5-7-16)8-9-18/h4-7,14H,3,8-13,18H2,1-2H3. The van der Waals surface area contributed by atoms with E-state index in [1.165, 1.54) is 5.56 Å². The number of rotatable bonds is 5. The summed E-state index contributed by atoms with van der Waals surface area (Å²) < 4.78 is 0. The molecular weight excluding hydrogens is 262 g/mol. The molecule has 1 atom stereocenters. The molecule has 0 radical (unpaired) electrons. The first-order valence-electron chi connectivity index (χ1n) is 7.98. The van der Waals surface area contributed by atoms with E-state index in [9.17, 15) is 4.79 Å². The SMILES string of the molecule is CCC(C)N1CCN(C(=O)c2ccc(CCN)cc2)CC1. The molecule has 2 rings (SSSR count). The van der Waals surface area contributed by atoms with E-state index in [4.69, 9.17) is 5.73 Å². The predicted octanol–water partition coefficient (Wildman–Crippen LogP) is 1.74. The van der Waals surface area contributed by atoms with Crippen LogP contribution >= 0.6 is 0 Å². The normalized spacial score (nSPS) is 17.8. The summed E-state index contributed by atoms with van der Waals surface area (Å²) >= 11 is 0. The molecule has 21 heavy (non-hydrogen) atoms. The number of nitrogens with zero attached hydrogens (tertiary/aromatic N) is 2. The van der Waals surface area contributed by atoms with E-state index in [2.05, 4.69) is 18.7 Å². The van der Waals surface area contributed by atoms with E-state index in [0.29, 0.717) is 12.6 Å². The fourth-order valence-electron chi connectivity index (χ4n) is 2.79. The number of amides is 1. The van der Waals surface area contributed by atoms with Crippen LogP contribution in [0.3, 0.4) is 0 Å². The maximum atomic E-state index is 12.5. The van der Waals surface area contributed by atoms with Crippen molar-refractivity contribution in [1.29, 1.82) is 0 Å². The maximum absolute atomic E-state index is 12.5. The second-order valence-electron chi connectivity index (χ2n) is 5.82. The molecule has 1 aliphatic heterocycles. The molecule has 0 spiro atoms. The quantitative estimate of drug-likeness (QED) is 0.898. The van der Waals surface area contributed by atoms with Gasteiger partial charge in [-0.1, -0.05) is 19.1 Å². The van der Waals surface area contributed by atoms with E-state index in [-0.39, 0.29) is 5.91 Å². The van der Waals surface area contributed by atoms with Crippen molar-refractivity contribution >= 4 is 5.91 Å². The summed E-state index contributed by atoms with van der Waals surface area (Å²) in [5.41, 5.74) is 7.52. The summed E-state index contributed by atoms with van der Waals surface area (Å²) in [6, 6.07) is 8.48. The molecule has 1 amide bonds. The van der Waals surface area contributed by atoms with Gasteiger partial charge in [0, 0.05) is 37.8 Å². The molecule has 0 aromatic heterocycles. The van der Waals surface area contributed by atoms with Crippen LogP contribution in [-0.2, 0) is 6.42 Å². The van der Waals surface area contributed by atoms with Crippen LogP contribution in [0.25, 0.3) is 0 Å². The largest absolute Gasteiger partial charge is 0.336 e. The Labute approximate surface area is 127 Å². The Morgan fingerprint density at radius 3 is 2.33 bits per heavy atom. The maximum Gasteiger partial charge on any atom is 0.253 e. The lowest BCUT2D eigenvalue weighted by Crippen LogP contribution is -2.51. The van der Waals surface area contributed by atoms with Crippen LogP contribution in [0.4, 0.5) is 0 Å². The van der Waals surface area contributed by atoms with Gasteiger partial charge in [-0.05, 0) is 44.0 Å². The van der Waals surface area contributed by atoms with Gasteiger partial charge < -0.3 is 10.6 Å². The van der Waals surface area contributed by atoms with Crippen molar-refractivity contribution in [2.75, 3.05) is 32.7 Å². The number of hydrogen-bond donors (Lipinski definition) is 1. The summed E-state index contributed by atoms with van der Waals surface area (Å²) in [7, 11) is 0. The molecule has 1 unspecified atom stereocenters. The molecule has 1 aromatic rings. The monoisotopic (exact) mass is 289 g/mol. The summed E-state index contributed by atoms with van der Waals surface area (Å²) in [5.74, 6) is 0.151. The number of carbonyl (C=O) groups excluding carboxylic acids is 1. The Hall–Kier alpha value is -1.39. The highest BCUT2D eigenvalue weighted by Gasteiger charge is 2.23. The smallest absolute Gasteiger partial charge is 0.253 e. The van der Waals surface area contributed by atoms with Crippen molar-refractivity contribution in [3.63, 3.8) is 0 Å². The molecule has 1 fully saturated rings. The Morgan fingerprint density at radius 1 is 1.19 bits per heavy atom. The van der Waals surface area contributed by atoms with Gasteiger partial charge in [0.1, 0.15) is 0 Å². The van der Waals surface area contributed by atoms with E-state index in [0.717, 1.165) is 44.6 Å². The molecule has 116 valence electrons. The minimum atomic E-state index is 0.151. The van der Waals surface area contributed by atoms with Gasteiger partial charge in [0.05, 0.1) is 0 Å². The van der Waals surface area contributed by atoms with Gasteiger partial charge in [0.2, 0.25) is 0 Å². The van der Waals surface area contributed by atoms with Crippen LogP contribution in [0.2, 0.25) is 0 Å². The Bertz CT molecular complexity index is 450. The molecule has 1 saturated heterocycles. The molecule has 1 heterocycles. The average molecular weight is 289 g/mol. The highest BCUT2D eigenvalue weighted by Crippen LogP contribution is 2.13. The zero-order valence-corrected chi connectivity index (χ0v) is 13.2. The molecule has 2 N–H and O–H groups in total. The zero-order valence-electron chi connectivity index (χ0n) is 13.2. The van der Waals surface area contributed by atoms with Crippen LogP contribution in [0.5, 0.6) is 0 Å². The first kappa shape index (κ1) is 16.0. The first-order chi connectivity index (χ1) is 10.2. The molecule has 0 aliphatic carbocycles. The van der Waals surface area contributed by atoms with Crippen molar-refractivity contribution in [2.24, 2.45) is 5.73 Å². The van der Waals surface area contributed by atoms with Gasteiger partial charge in [-0.3, -0.25) is 9.69 Å². The summed E-state index contributed by atoms with van der Waals surface area (Å²) in [6.45, 7) is 8.73. The molecule has 1 aliphatic rings. The lowest BCUT2D eigenvalue weighted by molar-refractivity contribution is 0.0579. The summed E-state index contributed by atoms with van der Waals surface area (Å²) in [6.07, 6.45) is 2.03. The number of piperazine rings is 1. The Morgan fingerprint density at radius 2 is 1.81 bits per heavy atom. The highest BCUT2D eigenvalue weighted by molar-refractivity contribution is 5.94. The molecule has 4 nitrogen and oxygen atoms in total. The summed E-state index contributed by atoms with van der Waals surface area (Å²) in [4.78, 5) is 16.9. The average Bonchev–Trinajstić information content (AvgIpc) is 2.54. The molecule has 0 bridgehead atoms.